The van der Waals surface area contributed by atoms with E-state index in [-0.39, 0.29) is 0 Å². The largest absolute Gasteiger partial charge is 0.488 e. The molecule has 7 heteroatoms. The van der Waals surface area contributed by atoms with E-state index in [4.69, 9.17) is 27.9 Å². The lowest BCUT2D eigenvalue weighted by atomic mass is 10.2. The van der Waals surface area contributed by atoms with Crippen molar-refractivity contribution in [1.82, 2.24) is 15.0 Å². The van der Waals surface area contributed by atoms with E-state index in [1.165, 1.54) is 6.33 Å². The first-order chi connectivity index (χ1) is 14.6. The Bertz CT molecular complexity index is 1180. The smallest absolute Gasteiger partial charge is 0.230 e. The van der Waals surface area contributed by atoms with Crippen LogP contribution in [0.5, 0.6) is 5.75 Å². The van der Waals surface area contributed by atoms with Crippen LogP contribution in [0.15, 0.2) is 73.1 Å². The monoisotopic (exact) mass is 436 g/mol. The number of nitrogens with zero attached hydrogens (tertiary/aromatic N) is 3. The molecule has 0 radical (unpaired) electrons. The van der Waals surface area contributed by atoms with Crippen molar-refractivity contribution in [2.24, 2.45) is 0 Å². The van der Waals surface area contributed by atoms with Gasteiger partial charge in [-0.25, -0.2) is 9.97 Å². The van der Waals surface area contributed by atoms with Gasteiger partial charge in [-0.15, -0.1) is 0 Å². The fraction of sp³-hybridized carbons (Fsp3) is 0.0870. The first-order valence-corrected chi connectivity index (χ1v) is 10.0. The van der Waals surface area contributed by atoms with Crippen molar-refractivity contribution >= 4 is 34.8 Å². The highest BCUT2D eigenvalue weighted by Gasteiger charge is 2.11. The number of hydrogen-bond acceptors (Lipinski definition) is 5. The normalized spacial score (nSPS) is 10.6. The molecule has 30 heavy (non-hydrogen) atoms. The van der Waals surface area contributed by atoms with Crippen LogP contribution in [0.2, 0.25) is 10.0 Å². The predicted octanol–water partition coefficient (Wildman–Crippen LogP) is 6.48. The van der Waals surface area contributed by atoms with Crippen molar-refractivity contribution in [2.45, 2.75) is 13.5 Å². The molecule has 4 aromatic rings. The summed E-state index contributed by atoms with van der Waals surface area (Å²) < 4.78 is 6.02. The maximum atomic E-state index is 6.09. The van der Waals surface area contributed by atoms with Gasteiger partial charge < -0.3 is 10.1 Å². The van der Waals surface area contributed by atoms with E-state index in [1.807, 2.05) is 61.5 Å². The molecule has 0 aliphatic rings. The van der Waals surface area contributed by atoms with Crippen LogP contribution in [-0.2, 0) is 6.61 Å². The predicted molar refractivity (Wildman–Crippen MR) is 121 cm³/mol. The molecule has 1 heterocycles. The average molecular weight is 437 g/mol. The first kappa shape index (κ1) is 20.1. The lowest BCUT2D eigenvalue weighted by molar-refractivity contribution is 0.307. The van der Waals surface area contributed by atoms with Crippen molar-refractivity contribution in [3.63, 3.8) is 0 Å². The Hall–Kier alpha value is -3.15. The molecule has 0 fully saturated rings. The van der Waals surface area contributed by atoms with Crippen molar-refractivity contribution in [1.29, 1.82) is 0 Å². The van der Waals surface area contributed by atoms with Crippen molar-refractivity contribution < 1.29 is 4.74 Å². The minimum absolute atomic E-state index is 0.341. The second kappa shape index (κ2) is 9.11. The van der Waals surface area contributed by atoms with Crippen molar-refractivity contribution in [2.75, 3.05) is 5.32 Å². The number of aromatic nitrogens is 3. The molecule has 0 atom stereocenters. The molecule has 5 nitrogen and oxygen atoms in total. The third-order valence-electron chi connectivity index (χ3n) is 4.35. The Morgan fingerprint density at radius 2 is 1.77 bits per heavy atom. The number of ether oxygens (including phenoxy) is 1. The fourth-order valence-corrected chi connectivity index (χ4v) is 3.23. The van der Waals surface area contributed by atoms with Gasteiger partial charge in [-0.2, -0.15) is 4.98 Å². The number of aryl methyl sites for hydroxylation is 1. The number of para-hydroxylation sites is 1. The van der Waals surface area contributed by atoms with E-state index in [2.05, 4.69) is 20.3 Å². The van der Waals surface area contributed by atoms with Gasteiger partial charge in [0.05, 0.1) is 15.6 Å². The summed E-state index contributed by atoms with van der Waals surface area (Å²) in [5.74, 6) is 1.64. The summed E-state index contributed by atoms with van der Waals surface area (Å²) in [5, 5.41) is 4.22. The topological polar surface area (TPSA) is 59.9 Å². The van der Waals surface area contributed by atoms with Gasteiger partial charge in [-0.05, 0) is 54.4 Å². The maximum absolute atomic E-state index is 6.09. The number of rotatable bonds is 6. The van der Waals surface area contributed by atoms with Gasteiger partial charge in [0.15, 0.2) is 5.82 Å². The summed E-state index contributed by atoms with van der Waals surface area (Å²) in [6, 6.07) is 21.0. The minimum Gasteiger partial charge on any atom is -0.488 e. The molecule has 4 rings (SSSR count). The standard InChI is InChI=1S/C23H18Cl2N4O/c1-15-5-4-6-17(11-15)28-23-27-14-26-22(29-23)18-7-2-3-8-21(18)30-13-16-9-10-19(24)20(25)12-16/h2-12,14H,13H2,1H3,(H,26,27,28,29). The van der Waals surface area contributed by atoms with E-state index >= 15 is 0 Å². The Kier molecular flexibility index (Phi) is 6.12. The van der Waals surface area contributed by atoms with Gasteiger partial charge in [-0.1, -0.05) is 53.5 Å². The lowest BCUT2D eigenvalue weighted by Crippen LogP contribution is -2.02. The molecule has 3 aromatic carbocycles. The van der Waals surface area contributed by atoms with Crippen LogP contribution in [0.3, 0.4) is 0 Å². The third kappa shape index (κ3) is 4.87. The summed E-state index contributed by atoms with van der Waals surface area (Å²) in [4.78, 5) is 13.1. The van der Waals surface area contributed by atoms with E-state index in [0.29, 0.717) is 34.2 Å². The van der Waals surface area contributed by atoms with Gasteiger partial charge in [0.1, 0.15) is 18.7 Å². The lowest BCUT2D eigenvalue weighted by Gasteiger charge is -2.12. The molecule has 0 spiro atoms. The summed E-state index contributed by atoms with van der Waals surface area (Å²) >= 11 is 12.1. The molecular formula is C23H18Cl2N4O. The van der Waals surface area contributed by atoms with Crippen LogP contribution in [0.1, 0.15) is 11.1 Å². The average Bonchev–Trinajstić information content (AvgIpc) is 2.75. The van der Waals surface area contributed by atoms with E-state index < -0.39 is 0 Å². The SMILES string of the molecule is Cc1cccc(Nc2ncnc(-c3ccccc3OCc3ccc(Cl)c(Cl)c3)n2)c1. The zero-order chi connectivity index (χ0) is 20.9. The Morgan fingerprint density at radius 1 is 0.900 bits per heavy atom. The van der Waals surface area contributed by atoms with Crippen LogP contribution >= 0.6 is 23.2 Å². The number of nitrogens with one attached hydrogen (secondary N) is 1. The van der Waals surface area contributed by atoms with Crippen LogP contribution in [-0.4, -0.2) is 15.0 Å². The molecule has 1 N–H and O–H groups in total. The molecule has 1 aromatic heterocycles. The van der Waals surface area contributed by atoms with Gasteiger partial charge in [-0.3, -0.25) is 0 Å². The molecule has 0 saturated carbocycles. The van der Waals surface area contributed by atoms with E-state index in [0.717, 1.165) is 22.4 Å². The minimum atomic E-state index is 0.341. The van der Waals surface area contributed by atoms with E-state index in [9.17, 15) is 0 Å². The van der Waals surface area contributed by atoms with Crippen LogP contribution in [0.25, 0.3) is 11.4 Å². The van der Waals surface area contributed by atoms with Crippen LogP contribution in [0, 0.1) is 6.92 Å². The molecule has 150 valence electrons. The molecule has 0 bridgehead atoms. The highest BCUT2D eigenvalue weighted by atomic mass is 35.5. The van der Waals surface area contributed by atoms with Crippen LogP contribution in [0.4, 0.5) is 11.6 Å². The summed E-state index contributed by atoms with van der Waals surface area (Å²) in [5.41, 5.74) is 3.75. The molecule has 0 unspecified atom stereocenters. The quantitative estimate of drug-likeness (QED) is 0.374. The zero-order valence-corrected chi connectivity index (χ0v) is 17.7. The van der Waals surface area contributed by atoms with Gasteiger partial charge >= 0.3 is 0 Å². The highest BCUT2D eigenvalue weighted by Crippen LogP contribution is 2.29. The van der Waals surface area contributed by atoms with Crippen LogP contribution < -0.4 is 10.1 Å². The highest BCUT2D eigenvalue weighted by molar-refractivity contribution is 6.42. The molecular weight excluding hydrogens is 419 g/mol. The number of hydrogen-bond donors (Lipinski definition) is 1. The summed E-state index contributed by atoms with van der Waals surface area (Å²) in [7, 11) is 0. The van der Waals surface area contributed by atoms with Gasteiger partial charge in [0.2, 0.25) is 5.95 Å². The number of halogens is 2. The second-order valence-corrected chi connectivity index (χ2v) is 7.47. The van der Waals surface area contributed by atoms with Gasteiger partial charge in [0.25, 0.3) is 0 Å². The third-order valence-corrected chi connectivity index (χ3v) is 5.09. The zero-order valence-electron chi connectivity index (χ0n) is 16.1. The molecule has 0 aliphatic heterocycles. The molecule has 0 aliphatic carbocycles. The molecule has 0 amide bonds. The maximum Gasteiger partial charge on any atom is 0.230 e. The fourth-order valence-electron chi connectivity index (χ4n) is 2.91. The Labute approximate surface area is 184 Å². The summed E-state index contributed by atoms with van der Waals surface area (Å²) in [6.45, 7) is 2.37. The Balaban J connectivity index is 1.56. The number of anilines is 2. The van der Waals surface area contributed by atoms with Crippen molar-refractivity contribution in [3.05, 3.63) is 94.2 Å². The molecule has 0 saturated heterocycles. The first-order valence-electron chi connectivity index (χ1n) is 9.27. The van der Waals surface area contributed by atoms with Gasteiger partial charge in [0, 0.05) is 5.69 Å². The van der Waals surface area contributed by atoms with E-state index in [1.54, 1.807) is 12.1 Å². The second-order valence-electron chi connectivity index (χ2n) is 6.66. The summed E-state index contributed by atoms with van der Waals surface area (Å²) in [6.07, 6.45) is 1.48. The Morgan fingerprint density at radius 3 is 2.60 bits per heavy atom. The van der Waals surface area contributed by atoms with Crippen molar-refractivity contribution in [3.8, 4) is 17.1 Å². The number of benzene rings is 3.